The molecule has 0 radical (unpaired) electrons. The molecule has 0 spiro atoms. The Balaban J connectivity index is 1.83. The summed E-state index contributed by atoms with van der Waals surface area (Å²) in [5.74, 6) is 0.209. The lowest BCUT2D eigenvalue weighted by atomic mass is 10.1. The quantitative estimate of drug-likeness (QED) is 0.897. The zero-order valence-corrected chi connectivity index (χ0v) is 12.5. The third-order valence-corrected chi connectivity index (χ3v) is 3.59. The summed E-state index contributed by atoms with van der Waals surface area (Å²) in [4.78, 5) is 16.5. The number of nitrogens with one attached hydrogen (secondary N) is 2. The summed E-state index contributed by atoms with van der Waals surface area (Å²) in [6.07, 6.45) is 2.52. The fourth-order valence-electron chi connectivity index (χ4n) is 2.49. The Bertz CT molecular complexity index is 656. The number of amides is 1. The second kappa shape index (κ2) is 6.25. The van der Waals surface area contributed by atoms with Crippen LogP contribution in [0, 0.1) is 6.92 Å². The van der Waals surface area contributed by atoms with Gasteiger partial charge in [-0.25, -0.2) is 0 Å². The van der Waals surface area contributed by atoms with Gasteiger partial charge in [0.2, 0.25) is 0 Å². The maximum Gasteiger partial charge on any atom is 0.257 e. The van der Waals surface area contributed by atoms with Crippen LogP contribution in [0.2, 0.25) is 0 Å². The number of rotatable bonds is 3. The second-order valence-electron chi connectivity index (χ2n) is 5.17. The van der Waals surface area contributed by atoms with Gasteiger partial charge in [-0.3, -0.25) is 14.9 Å². The zero-order valence-electron chi connectivity index (χ0n) is 12.5. The molecule has 2 atom stereocenters. The highest BCUT2D eigenvalue weighted by Crippen LogP contribution is 2.29. The van der Waals surface area contributed by atoms with Crippen molar-refractivity contribution in [3.8, 4) is 11.1 Å². The summed E-state index contributed by atoms with van der Waals surface area (Å²) in [6.45, 7) is 4.64. The molecule has 0 aliphatic carbocycles. The molecule has 1 saturated heterocycles. The standard InChI is InChI=1S/C15H18N4O3/c1-9-12(11-4-3-5-16-8-11)14(19-18-9)17-15(20)13-10(2)21-6-7-22-13/h3-5,8,10,13H,6-7H2,1-2H3,(H2,17,18,19,20)/t10-,13-/m0/s1. The van der Waals surface area contributed by atoms with Crippen molar-refractivity contribution in [2.45, 2.75) is 26.1 Å². The molecule has 0 saturated carbocycles. The molecule has 116 valence electrons. The number of pyridine rings is 1. The molecule has 3 heterocycles. The molecule has 2 aromatic rings. The fraction of sp³-hybridized carbons (Fsp3) is 0.400. The number of nitrogens with zero attached hydrogens (tertiary/aromatic N) is 2. The van der Waals surface area contributed by atoms with Gasteiger partial charge in [-0.2, -0.15) is 5.10 Å². The predicted molar refractivity (Wildman–Crippen MR) is 80.3 cm³/mol. The first-order valence-electron chi connectivity index (χ1n) is 7.16. The van der Waals surface area contributed by atoms with Crippen molar-refractivity contribution in [3.05, 3.63) is 30.2 Å². The van der Waals surface area contributed by atoms with Crippen molar-refractivity contribution in [1.29, 1.82) is 0 Å². The van der Waals surface area contributed by atoms with E-state index < -0.39 is 6.10 Å². The molecular formula is C15H18N4O3. The number of ether oxygens (including phenoxy) is 2. The summed E-state index contributed by atoms with van der Waals surface area (Å²) in [5, 5.41) is 9.88. The van der Waals surface area contributed by atoms with Crippen LogP contribution in [0.4, 0.5) is 5.82 Å². The van der Waals surface area contributed by atoms with E-state index in [2.05, 4.69) is 20.5 Å². The number of aryl methyl sites for hydroxylation is 1. The third kappa shape index (κ3) is 2.86. The summed E-state index contributed by atoms with van der Waals surface area (Å²) in [7, 11) is 0. The summed E-state index contributed by atoms with van der Waals surface area (Å²) in [5.41, 5.74) is 2.57. The van der Waals surface area contributed by atoms with E-state index in [4.69, 9.17) is 9.47 Å². The number of H-pyrrole nitrogens is 1. The molecule has 7 heteroatoms. The SMILES string of the molecule is Cc1[nH]nc(NC(=O)[C@H]2OCCO[C@H]2C)c1-c1cccnc1. The van der Waals surface area contributed by atoms with Crippen LogP contribution in [0.3, 0.4) is 0 Å². The minimum Gasteiger partial charge on any atom is -0.373 e. The topological polar surface area (TPSA) is 89.1 Å². The Kier molecular flexibility index (Phi) is 4.17. The maximum absolute atomic E-state index is 12.4. The second-order valence-corrected chi connectivity index (χ2v) is 5.17. The van der Waals surface area contributed by atoms with E-state index in [1.807, 2.05) is 26.0 Å². The number of carbonyl (C=O) groups is 1. The molecule has 1 amide bonds. The average molecular weight is 302 g/mol. The molecule has 7 nitrogen and oxygen atoms in total. The summed E-state index contributed by atoms with van der Waals surface area (Å²) >= 11 is 0. The normalized spacial score (nSPS) is 21.5. The Morgan fingerprint density at radius 1 is 1.41 bits per heavy atom. The average Bonchev–Trinajstić information content (AvgIpc) is 2.89. The first-order chi connectivity index (χ1) is 10.7. The van der Waals surface area contributed by atoms with Crippen LogP contribution >= 0.6 is 0 Å². The number of anilines is 1. The predicted octanol–water partition coefficient (Wildman–Crippen LogP) is 1.52. The van der Waals surface area contributed by atoms with Crippen molar-refractivity contribution in [2.24, 2.45) is 0 Å². The monoisotopic (exact) mass is 302 g/mol. The zero-order chi connectivity index (χ0) is 15.5. The Labute approximate surface area is 128 Å². The maximum atomic E-state index is 12.4. The van der Waals surface area contributed by atoms with Gasteiger partial charge in [0, 0.05) is 29.2 Å². The highest BCUT2D eigenvalue weighted by molar-refractivity contribution is 5.97. The Morgan fingerprint density at radius 3 is 2.95 bits per heavy atom. The van der Waals surface area contributed by atoms with Gasteiger partial charge in [0.1, 0.15) is 0 Å². The van der Waals surface area contributed by atoms with Crippen LogP contribution in [-0.2, 0) is 14.3 Å². The van der Waals surface area contributed by atoms with Gasteiger partial charge in [-0.05, 0) is 19.9 Å². The minimum atomic E-state index is -0.632. The molecule has 0 bridgehead atoms. The van der Waals surface area contributed by atoms with Crippen molar-refractivity contribution < 1.29 is 14.3 Å². The highest BCUT2D eigenvalue weighted by atomic mass is 16.6. The van der Waals surface area contributed by atoms with Gasteiger partial charge in [0.05, 0.1) is 19.3 Å². The lowest BCUT2D eigenvalue weighted by Crippen LogP contribution is -2.44. The van der Waals surface area contributed by atoms with Crippen molar-refractivity contribution in [2.75, 3.05) is 18.5 Å². The molecule has 1 aliphatic rings. The molecule has 2 N–H and O–H groups in total. The van der Waals surface area contributed by atoms with E-state index in [9.17, 15) is 4.79 Å². The van der Waals surface area contributed by atoms with E-state index in [0.717, 1.165) is 16.8 Å². The van der Waals surface area contributed by atoms with Crippen molar-refractivity contribution in [3.63, 3.8) is 0 Å². The van der Waals surface area contributed by atoms with Gasteiger partial charge in [0.25, 0.3) is 5.91 Å². The molecule has 0 unspecified atom stereocenters. The van der Waals surface area contributed by atoms with Crippen LogP contribution in [0.25, 0.3) is 11.1 Å². The van der Waals surface area contributed by atoms with E-state index >= 15 is 0 Å². The van der Waals surface area contributed by atoms with Crippen LogP contribution in [-0.4, -0.2) is 46.5 Å². The molecule has 2 aromatic heterocycles. The van der Waals surface area contributed by atoms with E-state index in [1.54, 1.807) is 12.4 Å². The molecular weight excluding hydrogens is 284 g/mol. The van der Waals surface area contributed by atoms with E-state index in [-0.39, 0.29) is 12.0 Å². The molecule has 1 aliphatic heterocycles. The first-order valence-corrected chi connectivity index (χ1v) is 7.16. The molecule has 1 fully saturated rings. The Morgan fingerprint density at radius 2 is 2.23 bits per heavy atom. The number of aromatic amines is 1. The highest BCUT2D eigenvalue weighted by Gasteiger charge is 2.31. The van der Waals surface area contributed by atoms with Crippen molar-refractivity contribution >= 4 is 11.7 Å². The minimum absolute atomic E-state index is 0.260. The Hall–Kier alpha value is -2.25. The van der Waals surface area contributed by atoms with Gasteiger partial charge in [-0.1, -0.05) is 6.07 Å². The lowest BCUT2D eigenvalue weighted by Gasteiger charge is -2.28. The number of hydrogen-bond acceptors (Lipinski definition) is 5. The van der Waals surface area contributed by atoms with Crippen LogP contribution in [0.1, 0.15) is 12.6 Å². The van der Waals surface area contributed by atoms with E-state index in [1.165, 1.54) is 0 Å². The van der Waals surface area contributed by atoms with Gasteiger partial charge in [0.15, 0.2) is 11.9 Å². The van der Waals surface area contributed by atoms with Crippen LogP contribution in [0.15, 0.2) is 24.5 Å². The summed E-state index contributed by atoms with van der Waals surface area (Å²) in [6, 6.07) is 3.76. The van der Waals surface area contributed by atoms with Crippen LogP contribution < -0.4 is 5.32 Å². The molecule has 22 heavy (non-hydrogen) atoms. The largest absolute Gasteiger partial charge is 0.373 e. The lowest BCUT2D eigenvalue weighted by molar-refractivity contribution is -0.157. The van der Waals surface area contributed by atoms with E-state index in [0.29, 0.717) is 19.0 Å². The van der Waals surface area contributed by atoms with Gasteiger partial charge in [-0.15, -0.1) is 0 Å². The molecule has 3 rings (SSSR count). The fourth-order valence-corrected chi connectivity index (χ4v) is 2.49. The number of aromatic nitrogens is 3. The number of hydrogen-bond donors (Lipinski definition) is 2. The molecule has 0 aromatic carbocycles. The third-order valence-electron chi connectivity index (χ3n) is 3.59. The van der Waals surface area contributed by atoms with Crippen molar-refractivity contribution in [1.82, 2.24) is 15.2 Å². The summed E-state index contributed by atoms with van der Waals surface area (Å²) < 4.78 is 10.9. The van der Waals surface area contributed by atoms with Gasteiger partial charge < -0.3 is 14.8 Å². The first kappa shape index (κ1) is 14.7. The number of carbonyl (C=O) groups excluding carboxylic acids is 1. The van der Waals surface area contributed by atoms with Crippen LogP contribution in [0.5, 0.6) is 0 Å². The smallest absolute Gasteiger partial charge is 0.257 e. The van der Waals surface area contributed by atoms with Gasteiger partial charge >= 0.3 is 0 Å².